The summed E-state index contributed by atoms with van der Waals surface area (Å²) in [5.74, 6) is -2.26. The normalized spacial score (nSPS) is 13.7. The minimum Gasteiger partial charge on any atom is -0.352 e. The highest BCUT2D eigenvalue weighted by Gasteiger charge is 2.25. The van der Waals surface area contributed by atoms with Crippen molar-refractivity contribution in [3.05, 3.63) is 77.0 Å². The van der Waals surface area contributed by atoms with Crippen LogP contribution in [0, 0.1) is 11.6 Å². The topological polar surface area (TPSA) is 46.2 Å². The molecule has 0 atom stereocenters. The molecule has 5 heteroatoms. The number of hydrogen-bond donors (Lipinski definition) is 1. The lowest BCUT2D eigenvalue weighted by Crippen LogP contribution is -2.21. The monoisotopic (exact) mass is 285 g/mol. The summed E-state index contributed by atoms with van der Waals surface area (Å²) in [6.07, 6.45) is 1.13. The highest BCUT2D eigenvalue weighted by molar-refractivity contribution is 6.25. The van der Waals surface area contributed by atoms with Crippen LogP contribution in [0.25, 0.3) is 0 Å². The van der Waals surface area contributed by atoms with Gasteiger partial charge in [-0.3, -0.25) is 9.59 Å². The standard InChI is InChI=1S/C16H9F2NO2/c17-9-5-10(18)7-11(6-9)19-14-8-15(20)12-3-1-2-4-13(12)16(14)21/h1-8,19H. The van der Waals surface area contributed by atoms with E-state index < -0.39 is 17.4 Å². The summed E-state index contributed by atoms with van der Waals surface area (Å²) in [7, 11) is 0. The number of carbonyl (C=O) groups excluding carboxylic acids is 2. The van der Waals surface area contributed by atoms with Crippen LogP contribution in [0.2, 0.25) is 0 Å². The SMILES string of the molecule is O=C1C=C(Nc2cc(F)cc(F)c2)C(=O)c2ccccc21. The van der Waals surface area contributed by atoms with E-state index in [4.69, 9.17) is 0 Å². The van der Waals surface area contributed by atoms with Crippen molar-refractivity contribution in [1.82, 2.24) is 0 Å². The molecule has 1 aliphatic rings. The largest absolute Gasteiger partial charge is 0.352 e. The van der Waals surface area contributed by atoms with Crippen LogP contribution in [-0.4, -0.2) is 11.6 Å². The van der Waals surface area contributed by atoms with E-state index in [-0.39, 0.29) is 22.7 Å². The predicted molar refractivity (Wildman–Crippen MR) is 73.2 cm³/mol. The number of anilines is 1. The molecule has 2 aromatic carbocycles. The molecule has 2 aromatic rings. The molecule has 0 spiro atoms. The Hall–Kier alpha value is -2.82. The van der Waals surface area contributed by atoms with Crippen LogP contribution >= 0.6 is 0 Å². The molecule has 0 bridgehead atoms. The Morgan fingerprint density at radius 3 is 2.14 bits per heavy atom. The van der Waals surface area contributed by atoms with Gasteiger partial charge in [0.15, 0.2) is 5.78 Å². The number of fused-ring (bicyclic) bond motifs is 1. The van der Waals surface area contributed by atoms with E-state index in [9.17, 15) is 18.4 Å². The van der Waals surface area contributed by atoms with Gasteiger partial charge in [-0.15, -0.1) is 0 Å². The highest BCUT2D eigenvalue weighted by atomic mass is 19.1. The van der Waals surface area contributed by atoms with E-state index in [2.05, 4.69) is 5.32 Å². The number of Topliss-reactive ketones (excluding diaryl/α,β-unsaturated/α-hetero) is 1. The summed E-state index contributed by atoms with van der Waals surface area (Å²) in [6.45, 7) is 0. The molecular formula is C16H9F2NO2. The fraction of sp³-hybridized carbons (Fsp3) is 0. The third kappa shape index (κ3) is 2.45. The van der Waals surface area contributed by atoms with E-state index in [1.165, 1.54) is 6.07 Å². The number of nitrogens with one attached hydrogen (secondary N) is 1. The second-order valence-corrected chi connectivity index (χ2v) is 4.58. The van der Waals surface area contributed by atoms with Crippen molar-refractivity contribution in [2.45, 2.75) is 0 Å². The quantitative estimate of drug-likeness (QED) is 0.920. The van der Waals surface area contributed by atoms with E-state index in [1.54, 1.807) is 18.2 Å². The highest BCUT2D eigenvalue weighted by Crippen LogP contribution is 2.23. The second kappa shape index (κ2) is 4.94. The van der Waals surface area contributed by atoms with Gasteiger partial charge in [-0.05, 0) is 12.1 Å². The first-order valence-electron chi connectivity index (χ1n) is 6.17. The summed E-state index contributed by atoms with van der Waals surface area (Å²) >= 11 is 0. The predicted octanol–water partition coefficient (Wildman–Crippen LogP) is 3.34. The molecule has 0 radical (unpaired) electrons. The number of carbonyl (C=O) groups is 2. The van der Waals surface area contributed by atoms with E-state index in [0.717, 1.165) is 24.3 Å². The zero-order valence-electron chi connectivity index (χ0n) is 10.7. The van der Waals surface area contributed by atoms with Crippen molar-refractivity contribution in [3.8, 4) is 0 Å². The minimum atomic E-state index is -0.770. The third-order valence-electron chi connectivity index (χ3n) is 3.10. The lowest BCUT2D eigenvalue weighted by Gasteiger charge is -2.16. The first-order chi connectivity index (χ1) is 10.0. The van der Waals surface area contributed by atoms with Crippen molar-refractivity contribution in [3.63, 3.8) is 0 Å². The molecule has 104 valence electrons. The summed E-state index contributed by atoms with van der Waals surface area (Å²) < 4.78 is 26.3. The molecule has 1 aliphatic carbocycles. The van der Waals surface area contributed by atoms with Gasteiger partial charge in [0.25, 0.3) is 0 Å². The molecule has 1 N–H and O–H groups in total. The van der Waals surface area contributed by atoms with Crippen LogP contribution in [0.15, 0.2) is 54.2 Å². The van der Waals surface area contributed by atoms with Crippen LogP contribution in [0.3, 0.4) is 0 Å². The number of rotatable bonds is 2. The zero-order chi connectivity index (χ0) is 15.0. The number of allylic oxidation sites excluding steroid dienone is 2. The number of benzene rings is 2. The Kier molecular flexibility index (Phi) is 3.10. The maximum absolute atomic E-state index is 13.1. The Balaban J connectivity index is 1.97. The molecule has 0 heterocycles. The molecule has 0 amide bonds. The van der Waals surface area contributed by atoms with Crippen molar-refractivity contribution in [2.24, 2.45) is 0 Å². The van der Waals surface area contributed by atoms with Gasteiger partial charge in [-0.1, -0.05) is 24.3 Å². The van der Waals surface area contributed by atoms with Crippen molar-refractivity contribution >= 4 is 17.3 Å². The van der Waals surface area contributed by atoms with Crippen LogP contribution in [0.4, 0.5) is 14.5 Å². The summed E-state index contributed by atoms with van der Waals surface area (Å²) in [5, 5.41) is 2.59. The maximum atomic E-state index is 13.1. The lowest BCUT2D eigenvalue weighted by atomic mass is 9.92. The molecule has 3 nitrogen and oxygen atoms in total. The Morgan fingerprint density at radius 1 is 0.857 bits per heavy atom. The van der Waals surface area contributed by atoms with E-state index in [1.807, 2.05) is 0 Å². The minimum absolute atomic E-state index is 0.0105. The van der Waals surface area contributed by atoms with Gasteiger partial charge in [-0.25, -0.2) is 8.78 Å². The first kappa shape index (κ1) is 13.2. The van der Waals surface area contributed by atoms with Crippen LogP contribution in [0.1, 0.15) is 20.7 Å². The van der Waals surface area contributed by atoms with Gasteiger partial charge in [0.2, 0.25) is 5.78 Å². The molecule has 0 aliphatic heterocycles. The Bertz CT molecular complexity index is 776. The van der Waals surface area contributed by atoms with E-state index >= 15 is 0 Å². The van der Waals surface area contributed by atoms with Gasteiger partial charge < -0.3 is 5.32 Å². The van der Waals surface area contributed by atoms with Crippen LogP contribution in [0.5, 0.6) is 0 Å². The maximum Gasteiger partial charge on any atom is 0.210 e. The number of hydrogen-bond acceptors (Lipinski definition) is 3. The molecule has 0 aromatic heterocycles. The van der Waals surface area contributed by atoms with Crippen molar-refractivity contribution < 1.29 is 18.4 Å². The number of halogens is 2. The van der Waals surface area contributed by atoms with Gasteiger partial charge in [0.05, 0.1) is 5.70 Å². The Morgan fingerprint density at radius 2 is 1.48 bits per heavy atom. The molecule has 0 unspecified atom stereocenters. The summed E-state index contributed by atoms with van der Waals surface area (Å²) in [5.41, 5.74) is 0.644. The van der Waals surface area contributed by atoms with Gasteiger partial charge in [0, 0.05) is 29.0 Å². The lowest BCUT2D eigenvalue weighted by molar-refractivity contribution is 0.0985. The van der Waals surface area contributed by atoms with Crippen LogP contribution < -0.4 is 5.32 Å². The average molecular weight is 285 g/mol. The van der Waals surface area contributed by atoms with Gasteiger partial charge in [-0.2, -0.15) is 0 Å². The molecule has 0 saturated carbocycles. The third-order valence-corrected chi connectivity index (χ3v) is 3.10. The van der Waals surface area contributed by atoms with E-state index in [0.29, 0.717) is 5.56 Å². The molecule has 0 saturated heterocycles. The smallest absolute Gasteiger partial charge is 0.210 e. The molecule has 3 rings (SSSR count). The van der Waals surface area contributed by atoms with Crippen molar-refractivity contribution in [2.75, 3.05) is 5.32 Å². The molecular weight excluding hydrogens is 276 g/mol. The summed E-state index contributed by atoms with van der Waals surface area (Å²) in [4.78, 5) is 24.2. The average Bonchev–Trinajstić information content (AvgIpc) is 2.43. The number of ketones is 2. The van der Waals surface area contributed by atoms with Crippen LogP contribution in [-0.2, 0) is 0 Å². The Labute approximate surface area is 118 Å². The fourth-order valence-electron chi connectivity index (χ4n) is 2.19. The van der Waals surface area contributed by atoms with Gasteiger partial charge in [0.1, 0.15) is 11.6 Å². The first-order valence-corrected chi connectivity index (χ1v) is 6.17. The second-order valence-electron chi connectivity index (χ2n) is 4.58. The van der Waals surface area contributed by atoms with Crippen molar-refractivity contribution in [1.29, 1.82) is 0 Å². The molecule has 0 fully saturated rings. The zero-order valence-corrected chi connectivity index (χ0v) is 10.7. The summed E-state index contributed by atoms with van der Waals surface area (Å²) in [6, 6.07) is 9.22. The van der Waals surface area contributed by atoms with Gasteiger partial charge >= 0.3 is 0 Å². The fourth-order valence-corrected chi connectivity index (χ4v) is 2.19. The molecule has 21 heavy (non-hydrogen) atoms.